The lowest BCUT2D eigenvalue weighted by atomic mass is 10.2. The first-order valence-corrected chi connectivity index (χ1v) is 6.21. The molecule has 1 aromatic carbocycles. The number of nitro benzene ring substituents is 1. The average Bonchev–Trinajstić information content (AvgIpc) is 2.94. The zero-order valence-electron chi connectivity index (χ0n) is 11.2. The molecule has 0 atom stereocenters. The van der Waals surface area contributed by atoms with E-state index in [0.717, 1.165) is 6.42 Å². The molecule has 8 heteroatoms. The highest BCUT2D eigenvalue weighted by Crippen LogP contribution is 2.29. The molecule has 21 heavy (non-hydrogen) atoms. The number of carbonyl (C=O) groups is 1. The first-order valence-electron chi connectivity index (χ1n) is 6.21. The summed E-state index contributed by atoms with van der Waals surface area (Å²) >= 11 is 0. The molecule has 0 spiro atoms. The van der Waals surface area contributed by atoms with Gasteiger partial charge in [-0.2, -0.15) is 0 Å². The van der Waals surface area contributed by atoms with Crippen molar-refractivity contribution in [1.29, 1.82) is 0 Å². The first-order chi connectivity index (χ1) is 10.0. The van der Waals surface area contributed by atoms with Crippen LogP contribution in [0.5, 0.6) is 5.75 Å². The lowest BCUT2D eigenvalue weighted by Crippen LogP contribution is -2.01. The Morgan fingerprint density at radius 3 is 2.86 bits per heavy atom. The molecule has 2 rings (SSSR count). The van der Waals surface area contributed by atoms with Crippen LogP contribution in [0.2, 0.25) is 0 Å². The van der Waals surface area contributed by atoms with Crippen LogP contribution in [0.15, 0.2) is 30.7 Å². The minimum atomic E-state index is -1.14. The normalized spacial score (nSPS) is 10.3. The van der Waals surface area contributed by atoms with Gasteiger partial charge in [0.05, 0.1) is 17.2 Å². The molecule has 0 fully saturated rings. The maximum Gasteiger partial charge on any atom is 0.356 e. The topological polar surface area (TPSA) is 107 Å². The SMILES string of the molecule is CCCOc1cc(-n2cnc(C(=O)O)c2)ccc1[N+](=O)[O-]. The van der Waals surface area contributed by atoms with Gasteiger partial charge in [-0.15, -0.1) is 0 Å². The van der Waals surface area contributed by atoms with Crippen LogP contribution >= 0.6 is 0 Å². The Morgan fingerprint density at radius 1 is 1.52 bits per heavy atom. The number of hydrogen-bond donors (Lipinski definition) is 1. The highest BCUT2D eigenvalue weighted by molar-refractivity contribution is 5.85. The van der Waals surface area contributed by atoms with Gasteiger partial charge in [0.15, 0.2) is 11.4 Å². The fourth-order valence-electron chi connectivity index (χ4n) is 1.72. The van der Waals surface area contributed by atoms with Crippen LogP contribution in [-0.4, -0.2) is 32.2 Å². The second-order valence-corrected chi connectivity index (χ2v) is 4.23. The third kappa shape index (κ3) is 3.16. The predicted molar refractivity (Wildman–Crippen MR) is 73.0 cm³/mol. The van der Waals surface area contributed by atoms with E-state index in [1.807, 2.05) is 6.92 Å². The Labute approximate surface area is 119 Å². The van der Waals surface area contributed by atoms with Crippen LogP contribution in [0.25, 0.3) is 5.69 Å². The maximum atomic E-state index is 11.0. The molecule has 0 aliphatic carbocycles. The van der Waals surface area contributed by atoms with Crippen molar-refractivity contribution >= 4 is 11.7 Å². The molecular formula is C13H13N3O5. The molecule has 0 bridgehead atoms. The Morgan fingerprint density at radius 2 is 2.29 bits per heavy atom. The molecule has 0 aliphatic heterocycles. The minimum Gasteiger partial charge on any atom is -0.487 e. The number of benzene rings is 1. The summed E-state index contributed by atoms with van der Waals surface area (Å²) in [6.07, 6.45) is 3.37. The highest BCUT2D eigenvalue weighted by atomic mass is 16.6. The van der Waals surface area contributed by atoms with E-state index >= 15 is 0 Å². The van der Waals surface area contributed by atoms with Crippen molar-refractivity contribution in [2.75, 3.05) is 6.61 Å². The largest absolute Gasteiger partial charge is 0.487 e. The molecule has 1 aromatic heterocycles. The van der Waals surface area contributed by atoms with Gasteiger partial charge in [0, 0.05) is 18.3 Å². The standard InChI is InChI=1S/C13H13N3O5/c1-2-5-21-12-6-9(3-4-11(12)16(19)20)15-7-10(13(17)18)14-8-15/h3-4,6-8H,2,5H2,1H3,(H,17,18). The van der Waals surface area contributed by atoms with Crippen LogP contribution in [0, 0.1) is 10.1 Å². The van der Waals surface area contributed by atoms with Crippen molar-refractivity contribution in [2.45, 2.75) is 13.3 Å². The molecule has 1 heterocycles. The summed E-state index contributed by atoms with van der Waals surface area (Å²) in [6.45, 7) is 2.25. The van der Waals surface area contributed by atoms with Crippen LogP contribution in [0.4, 0.5) is 5.69 Å². The smallest absolute Gasteiger partial charge is 0.356 e. The molecule has 0 unspecified atom stereocenters. The fourth-order valence-corrected chi connectivity index (χ4v) is 1.72. The Balaban J connectivity index is 2.39. The number of ether oxygens (including phenoxy) is 1. The molecule has 0 saturated carbocycles. The van der Waals surface area contributed by atoms with Gasteiger partial charge in [-0.1, -0.05) is 6.92 Å². The van der Waals surface area contributed by atoms with E-state index in [1.54, 1.807) is 0 Å². The summed E-state index contributed by atoms with van der Waals surface area (Å²) in [5.41, 5.74) is 0.293. The lowest BCUT2D eigenvalue weighted by molar-refractivity contribution is -0.385. The fraction of sp³-hybridized carbons (Fsp3) is 0.231. The molecule has 0 radical (unpaired) electrons. The minimum absolute atomic E-state index is 0.107. The van der Waals surface area contributed by atoms with Gasteiger partial charge < -0.3 is 14.4 Å². The third-order valence-corrected chi connectivity index (χ3v) is 2.70. The van der Waals surface area contributed by atoms with Crippen LogP contribution in [-0.2, 0) is 0 Å². The number of carboxylic acid groups (broad SMARTS) is 1. The number of hydrogen-bond acceptors (Lipinski definition) is 5. The summed E-state index contributed by atoms with van der Waals surface area (Å²) in [5, 5.41) is 19.8. The number of aromatic nitrogens is 2. The molecule has 0 amide bonds. The van der Waals surface area contributed by atoms with E-state index in [-0.39, 0.29) is 17.1 Å². The predicted octanol–water partition coefficient (Wildman–Crippen LogP) is 2.27. The third-order valence-electron chi connectivity index (χ3n) is 2.70. The number of rotatable bonds is 6. The summed E-state index contributed by atoms with van der Waals surface area (Å²) in [6, 6.07) is 4.31. The number of nitro groups is 1. The van der Waals surface area contributed by atoms with Gasteiger partial charge in [0.25, 0.3) is 0 Å². The summed E-state index contributed by atoms with van der Waals surface area (Å²) < 4.78 is 6.84. The number of imidazole rings is 1. The summed E-state index contributed by atoms with van der Waals surface area (Å²) in [7, 11) is 0. The molecule has 1 N–H and O–H groups in total. The average molecular weight is 291 g/mol. The highest BCUT2D eigenvalue weighted by Gasteiger charge is 2.17. The number of nitrogens with zero attached hydrogens (tertiary/aromatic N) is 3. The van der Waals surface area contributed by atoms with Crippen molar-refractivity contribution in [3.05, 3.63) is 46.5 Å². The van der Waals surface area contributed by atoms with Gasteiger partial charge >= 0.3 is 11.7 Å². The molecule has 110 valence electrons. The zero-order chi connectivity index (χ0) is 15.4. The van der Waals surface area contributed by atoms with E-state index in [0.29, 0.717) is 12.3 Å². The Hall–Kier alpha value is -2.90. The van der Waals surface area contributed by atoms with Gasteiger partial charge in [-0.25, -0.2) is 9.78 Å². The van der Waals surface area contributed by atoms with Gasteiger partial charge in [-0.3, -0.25) is 10.1 Å². The lowest BCUT2D eigenvalue weighted by Gasteiger charge is -2.08. The van der Waals surface area contributed by atoms with Gasteiger partial charge in [-0.05, 0) is 12.5 Å². The molecule has 0 aliphatic rings. The van der Waals surface area contributed by atoms with E-state index in [9.17, 15) is 14.9 Å². The zero-order valence-corrected chi connectivity index (χ0v) is 11.2. The van der Waals surface area contributed by atoms with Crippen molar-refractivity contribution in [3.8, 4) is 11.4 Å². The molecule has 8 nitrogen and oxygen atoms in total. The van der Waals surface area contributed by atoms with Crippen molar-refractivity contribution < 1.29 is 19.6 Å². The van der Waals surface area contributed by atoms with E-state index in [2.05, 4.69) is 4.98 Å². The van der Waals surface area contributed by atoms with Crippen molar-refractivity contribution in [3.63, 3.8) is 0 Å². The first kappa shape index (κ1) is 14.5. The Kier molecular flexibility index (Phi) is 4.17. The Bertz CT molecular complexity index is 680. The molecule has 0 saturated heterocycles. The maximum absolute atomic E-state index is 11.0. The monoisotopic (exact) mass is 291 g/mol. The molecular weight excluding hydrogens is 278 g/mol. The summed E-state index contributed by atoms with van der Waals surface area (Å²) in [5.74, 6) is -0.997. The second kappa shape index (κ2) is 6.04. The van der Waals surface area contributed by atoms with E-state index in [4.69, 9.17) is 9.84 Å². The molecule has 2 aromatic rings. The number of carboxylic acids is 1. The number of aromatic carboxylic acids is 1. The quantitative estimate of drug-likeness (QED) is 0.646. The van der Waals surface area contributed by atoms with Crippen molar-refractivity contribution in [1.82, 2.24) is 9.55 Å². The van der Waals surface area contributed by atoms with Gasteiger partial charge in [0.1, 0.15) is 6.33 Å². The van der Waals surface area contributed by atoms with Crippen LogP contribution in [0.1, 0.15) is 23.8 Å². The van der Waals surface area contributed by atoms with Crippen LogP contribution in [0.3, 0.4) is 0 Å². The van der Waals surface area contributed by atoms with Crippen molar-refractivity contribution in [2.24, 2.45) is 0 Å². The summed E-state index contributed by atoms with van der Waals surface area (Å²) in [4.78, 5) is 25.0. The van der Waals surface area contributed by atoms with Gasteiger partial charge in [0.2, 0.25) is 0 Å². The second-order valence-electron chi connectivity index (χ2n) is 4.23. The van der Waals surface area contributed by atoms with E-state index < -0.39 is 10.9 Å². The van der Waals surface area contributed by atoms with Crippen LogP contribution < -0.4 is 4.74 Å². The van der Waals surface area contributed by atoms with E-state index in [1.165, 1.54) is 35.3 Å².